The van der Waals surface area contributed by atoms with Crippen LogP contribution < -0.4 is 0 Å². The van der Waals surface area contributed by atoms with Crippen LogP contribution in [0.2, 0.25) is 0 Å². The van der Waals surface area contributed by atoms with Crippen molar-refractivity contribution in [3.8, 4) is 0 Å². The minimum atomic E-state index is -1.51. The fourth-order valence-corrected chi connectivity index (χ4v) is 4.41. The maximum atomic E-state index is 11.3. The summed E-state index contributed by atoms with van der Waals surface area (Å²) < 4.78 is 0. The van der Waals surface area contributed by atoms with Crippen molar-refractivity contribution in [2.24, 2.45) is 11.3 Å². The average Bonchev–Trinajstić information content (AvgIpc) is 2.57. The molecule has 0 fully saturated rings. The maximum Gasteiger partial charge on any atom is 0.168 e. The van der Waals surface area contributed by atoms with Crippen molar-refractivity contribution in [2.45, 2.75) is 130 Å². The second-order valence-electron chi connectivity index (χ2n) is 7.91. The van der Waals surface area contributed by atoms with E-state index in [1.165, 1.54) is 12.8 Å². The van der Waals surface area contributed by atoms with Crippen molar-refractivity contribution in [3.05, 3.63) is 0 Å². The first kappa shape index (κ1) is 23.9. The van der Waals surface area contributed by atoms with Crippen LogP contribution in [0, 0.1) is 11.3 Å². The molecule has 0 rings (SSSR count). The zero-order valence-corrected chi connectivity index (χ0v) is 17.4. The van der Waals surface area contributed by atoms with E-state index in [4.69, 9.17) is 0 Å². The van der Waals surface area contributed by atoms with Gasteiger partial charge < -0.3 is 10.2 Å². The summed E-state index contributed by atoms with van der Waals surface area (Å²) in [6.45, 7) is 11.1. The third-order valence-electron chi connectivity index (χ3n) is 5.95. The van der Waals surface area contributed by atoms with Gasteiger partial charge >= 0.3 is 0 Å². The molecule has 0 aromatic heterocycles. The van der Waals surface area contributed by atoms with E-state index in [-0.39, 0.29) is 5.41 Å². The monoisotopic (exact) mass is 342 g/mol. The maximum absolute atomic E-state index is 11.3. The standard InChI is InChI=1S/C22H46O2/c1-6-11-16-20(15-10-5)21(17-12-7-2,18-13-8-3)22(23,24)19-14-9-4/h20,23-24H,6-19H2,1-5H3. The Labute approximate surface area is 152 Å². The third kappa shape index (κ3) is 7.04. The lowest BCUT2D eigenvalue weighted by atomic mass is 9.59. The van der Waals surface area contributed by atoms with Crippen molar-refractivity contribution in [3.63, 3.8) is 0 Å². The SMILES string of the molecule is CCCCC(CCC)C(CCCC)(CCCC)C(O)(O)CCCC. The highest BCUT2D eigenvalue weighted by molar-refractivity contribution is 4.96. The summed E-state index contributed by atoms with van der Waals surface area (Å²) in [7, 11) is 0. The van der Waals surface area contributed by atoms with Crippen LogP contribution in [0.25, 0.3) is 0 Å². The van der Waals surface area contributed by atoms with Gasteiger partial charge in [-0.15, -0.1) is 0 Å². The number of unbranched alkanes of at least 4 members (excludes halogenated alkanes) is 4. The van der Waals surface area contributed by atoms with Gasteiger partial charge in [-0.2, -0.15) is 0 Å². The Kier molecular flexibility index (Phi) is 13.1. The molecule has 0 aliphatic heterocycles. The van der Waals surface area contributed by atoms with Gasteiger partial charge in [0.15, 0.2) is 5.79 Å². The topological polar surface area (TPSA) is 40.5 Å². The summed E-state index contributed by atoms with van der Waals surface area (Å²) in [5.41, 5.74) is -0.320. The largest absolute Gasteiger partial charge is 0.365 e. The van der Waals surface area contributed by atoms with Gasteiger partial charge in [-0.1, -0.05) is 86.0 Å². The Bertz CT molecular complexity index is 278. The number of hydrogen-bond donors (Lipinski definition) is 2. The van der Waals surface area contributed by atoms with Crippen LogP contribution in [0.4, 0.5) is 0 Å². The van der Waals surface area contributed by atoms with Crippen molar-refractivity contribution in [2.75, 3.05) is 0 Å². The Morgan fingerprint density at radius 3 is 1.46 bits per heavy atom. The first-order chi connectivity index (χ1) is 11.5. The molecule has 146 valence electrons. The number of rotatable bonds is 16. The molecule has 0 saturated heterocycles. The number of hydrogen-bond acceptors (Lipinski definition) is 2. The Morgan fingerprint density at radius 2 is 1.04 bits per heavy atom. The molecule has 2 N–H and O–H groups in total. The normalized spacial score (nSPS) is 14.1. The highest BCUT2D eigenvalue weighted by atomic mass is 16.5. The van der Waals surface area contributed by atoms with E-state index in [1.807, 2.05) is 0 Å². The molecule has 0 aromatic carbocycles. The zero-order valence-electron chi connectivity index (χ0n) is 17.4. The lowest BCUT2D eigenvalue weighted by Gasteiger charge is -2.50. The lowest BCUT2D eigenvalue weighted by Crippen LogP contribution is -2.53. The van der Waals surface area contributed by atoms with Crippen molar-refractivity contribution in [1.82, 2.24) is 0 Å². The molecule has 0 saturated carbocycles. The molecule has 0 radical (unpaired) electrons. The van der Waals surface area contributed by atoms with Gasteiger partial charge in [-0.3, -0.25) is 0 Å². The van der Waals surface area contributed by atoms with Crippen LogP contribution in [0.15, 0.2) is 0 Å². The van der Waals surface area contributed by atoms with Crippen LogP contribution in [-0.2, 0) is 0 Å². The second-order valence-corrected chi connectivity index (χ2v) is 7.91. The summed E-state index contributed by atoms with van der Waals surface area (Å²) in [4.78, 5) is 0. The molecule has 0 heterocycles. The van der Waals surface area contributed by atoms with Gasteiger partial charge in [-0.05, 0) is 38.0 Å². The summed E-state index contributed by atoms with van der Waals surface area (Å²) in [6, 6.07) is 0. The first-order valence-corrected chi connectivity index (χ1v) is 10.9. The van der Waals surface area contributed by atoms with Crippen molar-refractivity contribution >= 4 is 0 Å². The minimum Gasteiger partial charge on any atom is -0.365 e. The second kappa shape index (κ2) is 13.2. The van der Waals surface area contributed by atoms with Crippen molar-refractivity contribution in [1.29, 1.82) is 0 Å². The molecular weight excluding hydrogens is 296 g/mol. The van der Waals surface area contributed by atoms with E-state index in [1.54, 1.807) is 0 Å². The third-order valence-corrected chi connectivity index (χ3v) is 5.95. The molecule has 1 unspecified atom stereocenters. The molecule has 0 aromatic rings. The molecule has 0 aliphatic carbocycles. The van der Waals surface area contributed by atoms with Crippen LogP contribution in [-0.4, -0.2) is 16.0 Å². The molecule has 2 heteroatoms. The Hall–Kier alpha value is -0.0800. The highest BCUT2D eigenvalue weighted by Gasteiger charge is 2.51. The van der Waals surface area contributed by atoms with Gasteiger partial charge in [0.1, 0.15) is 0 Å². The Morgan fingerprint density at radius 1 is 0.583 bits per heavy atom. The summed E-state index contributed by atoms with van der Waals surface area (Å²) in [5, 5.41) is 22.5. The smallest absolute Gasteiger partial charge is 0.168 e. The van der Waals surface area contributed by atoms with E-state index in [0.29, 0.717) is 12.3 Å². The summed E-state index contributed by atoms with van der Waals surface area (Å²) >= 11 is 0. The molecule has 0 spiro atoms. The molecule has 0 bridgehead atoms. The zero-order chi connectivity index (χ0) is 18.5. The average molecular weight is 343 g/mol. The van der Waals surface area contributed by atoms with Gasteiger partial charge in [0.2, 0.25) is 0 Å². The van der Waals surface area contributed by atoms with Crippen LogP contribution in [0.5, 0.6) is 0 Å². The minimum absolute atomic E-state index is 0.320. The van der Waals surface area contributed by atoms with E-state index >= 15 is 0 Å². The van der Waals surface area contributed by atoms with E-state index in [0.717, 1.165) is 70.6 Å². The first-order valence-electron chi connectivity index (χ1n) is 10.9. The van der Waals surface area contributed by atoms with Crippen LogP contribution in [0.3, 0.4) is 0 Å². The van der Waals surface area contributed by atoms with E-state index < -0.39 is 5.79 Å². The Balaban J connectivity index is 5.71. The van der Waals surface area contributed by atoms with Crippen molar-refractivity contribution < 1.29 is 10.2 Å². The van der Waals surface area contributed by atoms with Gasteiger partial charge in [0, 0.05) is 11.8 Å². The van der Waals surface area contributed by atoms with Crippen LogP contribution >= 0.6 is 0 Å². The van der Waals surface area contributed by atoms with Gasteiger partial charge in [-0.25, -0.2) is 0 Å². The molecule has 0 amide bonds. The van der Waals surface area contributed by atoms with Gasteiger partial charge in [0.05, 0.1) is 0 Å². The predicted octanol–water partition coefficient (Wildman–Crippen LogP) is 6.83. The predicted molar refractivity (Wildman–Crippen MR) is 106 cm³/mol. The fourth-order valence-electron chi connectivity index (χ4n) is 4.41. The van der Waals surface area contributed by atoms with E-state index in [2.05, 4.69) is 34.6 Å². The molecule has 0 aliphatic rings. The molecule has 24 heavy (non-hydrogen) atoms. The summed E-state index contributed by atoms with van der Waals surface area (Å²) in [6.07, 6.45) is 14.7. The van der Waals surface area contributed by atoms with Crippen LogP contribution in [0.1, 0.15) is 125 Å². The van der Waals surface area contributed by atoms with Gasteiger partial charge in [0.25, 0.3) is 0 Å². The van der Waals surface area contributed by atoms with E-state index in [9.17, 15) is 10.2 Å². The summed E-state index contributed by atoms with van der Waals surface area (Å²) in [5.74, 6) is -1.08. The molecular formula is C22H46O2. The lowest BCUT2D eigenvalue weighted by molar-refractivity contribution is -0.272. The molecule has 2 nitrogen and oxygen atoms in total. The molecule has 1 atom stereocenters. The quantitative estimate of drug-likeness (QED) is 0.302. The fraction of sp³-hybridized carbons (Fsp3) is 1.00. The number of aliphatic hydroxyl groups is 2. The highest BCUT2D eigenvalue weighted by Crippen LogP contribution is 2.51.